The number of aliphatic hydroxyl groups excluding tert-OH is 1. The molecule has 5 rings (SSSR count). The Kier molecular flexibility index (Phi) is 5.86. The molecule has 0 spiro atoms. The van der Waals surface area contributed by atoms with Gasteiger partial charge >= 0.3 is 6.09 Å². The normalized spacial score (nSPS) is 13.2. The van der Waals surface area contributed by atoms with Crippen LogP contribution in [-0.2, 0) is 4.74 Å². The van der Waals surface area contributed by atoms with Gasteiger partial charge in [0.15, 0.2) is 0 Å². The minimum Gasteiger partial charge on any atom is -0.448 e. The third-order valence-corrected chi connectivity index (χ3v) is 6.24. The Bertz CT molecular complexity index is 1260. The van der Waals surface area contributed by atoms with Crippen LogP contribution in [0.5, 0.6) is 0 Å². The first-order valence-electron chi connectivity index (χ1n) is 10.8. The van der Waals surface area contributed by atoms with Crippen LogP contribution >= 0.6 is 11.6 Å². The zero-order valence-corrected chi connectivity index (χ0v) is 18.5. The Labute approximate surface area is 197 Å². The van der Waals surface area contributed by atoms with Crippen LogP contribution in [0.3, 0.4) is 0 Å². The maximum Gasteiger partial charge on any atom is 0.411 e. The fourth-order valence-corrected chi connectivity index (χ4v) is 4.61. The van der Waals surface area contributed by atoms with Crippen molar-refractivity contribution < 1.29 is 14.6 Å². The summed E-state index contributed by atoms with van der Waals surface area (Å²) < 4.78 is 5.65. The predicted molar refractivity (Wildman–Crippen MR) is 131 cm³/mol. The number of rotatable bonds is 5. The Morgan fingerprint density at radius 3 is 2.15 bits per heavy atom. The Morgan fingerprint density at radius 1 is 0.879 bits per heavy atom. The van der Waals surface area contributed by atoms with Crippen molar-refractivity contribution in [2.24, 2.45) is 0 Å². The van der Waals surface area contributed by atoms with Gasteiger partial charge in [-0.25, -0.2) is 4.79 Å². The summed E-state index contributed by atoms with van der Waals surface area (Å²) >= 11 is 6.17. The van der Waals surface area contributed by atoms with Crippen LogP contribution in [0, 0.1) is 0 Å². The molecule has 0 radical (unpaired) electrons. The lowest BCUT2D eigenvalue weighted by atomic mass is 9.98. The van der Waals surface area contributed by atoms with E-state index < -0.39 is 12.2 Å². The van der Waals surface area contributed by atoms with Crippen LogP contribution in [0.15, 0.2) is 97.1 Å². The Morgan fingerprint density at radius 2 is 1.48 bits per heavy atom. The molecule has 1 aliphatic rings. The number of fused-ring (bicyclic) bond motifs is 3. The number of aliphatic hydroxyl groups is 1. The Balaban J connectivity index is 1.34. The summed E-state index contributed by atoms with van der Waals surface area (Å²) in [5.41, 5.74) is 6.31. The monoisotopic (exact) mass is 455 g/mol. The first-order chi connectivity index (χ1) is 16.1. The molecule has 1 atom stereocenters. The fourth-order valence-electron chi connectivity index (χ4n) is 4.43. The fraction of sp³-hybridized carbons (Fsp3) is 0.107. The minimum absolute atomic E-state index is 0.0252. The number of benzene rings is 4. The molecule has 4 aromatic rings. The molecular formula is C28H22ClNO3. The maximum atomic E-state index is 12.7. The topological polar surface area (TPSA) is 58.6 Å². The van der Waals surface area contributed by atoms with E-state index in [2.05, 4.69) is 29.6 Å². The highest BCUT2D eigenvalue weighted by Crippen LogP contribution is 2.44. The van der Waals surface area contributed by atoms with Gasteiger partial charge in [-0.05, 0) is 46.0 Å². The van der Waals surface area contributed by atoms with Gasteiger partial charge in [-0.1, -0.05) is 90.5 Å². The van der Waals surface area contributed by atoms with Crippen molar-refractivity contribution in [3.05, 3.63) is 124 Å². The van der Waals surface area contributed by atoms with Crippen LogP contribution in [0.25, 0.3) is 11.1 Å². The van der Waals surface area contributed by atoms with Gasteiger partial charge in [0.25, 0.3) is 0 Å². The molecule has 4 nitrogen and oxygen atoms in total. The quantitative estimate of drug-likeness (QED) is 0.348. The van der Waals surface area contributed by atoms with E-state index in [1.54, 1.807) is 18.2 Å². The van der Waals surface area contributed by atoms with E-state index in [1.165, 1.54) is 11.1 Å². The minimum atomic E-state index is -0.936. The average Bonchev–Trinajstić information content (AvgIpc) is 3.18. The summed E-state index contributed by atoms with van der Waals surface area (Å²) in [6, 6.07) is 30.6. The molecular weight excluding hydrogens is 434 g/mol. The molecule has 0 saturated heterocycles. The highest BCUT2D eigenvalue weighted by Gasteiger charge is 2.29. The number of nitrogens with one attached hydrogen (secondary N) is 1. The van der Waals surface area contributed by atoms with Gasteiger partial charge in [-0.15, -0.1) is 0 Å². The molecule has 1 aliphatic carbocycles. The standard InChI is InChI=1S/C28H22ClNO3/c29-19-14-15-26(24(16-19)27(31)18-8-2-1-3-9-18)30-28(32)33-17-25-22-12-6-4-10-20(22)21-11-5-7-13-23(21)25/h1-16,25,27,31H,17H2,(H,30,32). The molecule has 2 N–H and O–H groups in total. The number of hydrogen-bond acceptors (Lipinski definition) is 3. The van der Waals surface area contributed by atoms with Crippen molar-refractivity contribution in [3.63, 3.8) is 0 Å². The SMILES string of the molecule is O=C(Nc1ccc(Cl)cc1C(O)c1ccccc1)OCC1c2ccccc2-c2ccccc21. The van der Waals surface area contributed by atoms with Gasteiger partial charge in [0, 0.05) is 16.5 Å². The predicted octanol–water partition coefficient (Wildman–Crippen LogP) is 6.78. The van der Waals surface area contributed by atoms with E-state index in [0.29, 0.717) is 21.8 Å². The van der Waals surface area contributed by atoms with Gasteiger partial charge < -0.3 is 9.84 Å². The molecule has 0 fully saturated rings. The highest BCUT2D eigenvalue weighted by atomic mass is 35.5. The zero-order chi connectivity index (χ0) is 22.8. The van der Waals surface area contributed by atoms with Gasteiger partial charge in [0.05, 0.1) is 5.69 Å². The second kappa shape index (κ2) is 9.10. The molecule has 0 aromatic heterocycles. The van der Waals surface area contributed by atoms with Crippen LogP contribution in [0.4, 0.5) is 10.5 Å². The molecule has 5 heteroatoms. The second-order valence-electron chi connectivity index (χ2n) is 8.00. The van der Waals surface area contributed by atoms with E-state index in [4.69, 9.17) is 16.3 Å². The van der Waals surface area contributed by atoms with Crippen LogP contribution in [-0.4, -0.2) is 17.8 Å². The van der Waals surface area contributed by atoms with Gasteiger partial charge in [-0.2, -0.15) is 0 Å². The lowest BCUT2D eigenvalue weighted by Crippen LogP contribution is -2.19. The van der Waals surface area contributed by atoms with E-state index in [-0.39, 0.29) is 12.5 Å². The molecule has 0 heterocycles. The van der Waals surface area contributed by atoms with Crippen LogP contribution < -0.4 is 5.32 Å². The molecule has 1 amide bonds. The van der Waals surface area contributed by atoms with Crippen LogP contribution in [0.2, 0.25) is 5.02 Å². The van der Waals surface area contributed by atoms with Crippen molar-refractivity contribution in [1.29, 1.82) is 0 Å². The molecule has 1 unspecified atom stereocenters. The van der Waals surface area contributed by atoms with Crippen molar-refractivity contribution in [3.8, 4) is 11.1 Å². The van der Waals surface area contributed by atoms with Gasteiger partial charge in [0.2, 0.25) is 0 Å². The number of amides is 1. The molecule has 4 aromatic carbocycles. The molecule has 0 saturated carbocycles. The van der Waals surface area contributed by atoms with E-state index >= 15 is 0 Å². The van der Waals surface area contributed by atoms with Crippen molar-refractivity contribution >= 4 is 23.4 Å². The van der Waals surface area contributed by atoms with Crippen molar-refractivity contribution in [2.75, 3.05) is 11.9 Å². The average molecular weight is 456 g/mol. The largest absolute Gasteiger partial charge is 0.448 e. The second-order valence-corrected chi connectivity index (χ2v) is 8.43. The highest BCUT2D eigenvalue weighted by molar-refractivity contribution is 6.30. The lowest BCUT2D eigenvalue weighted by Gasteiger charge is -2.18. The number of halogens is 1. The summed E-state index contributed by atoms with van der Waals surface area (Å²) in [6.45, 7) is 0.212. The Hall–Kier alpha value is -3.60. The number of hydrogen-bond donors (Lipinski definition) is 2. The third kappa shape index (κ3) is 4.23. The number of ether oxygens (including phenoxy) is 1. The maximum absolute atomic E-state index is 12.7. The van der Waals surface area contributed by atoms with Crippen molar-refractivity contribution in [2.45, 2.75) is 12.0 Å². The summed E-state index contributed by atoms with van der Waals surface area (Å²) in [5, 5.41) is 14.1. The zero-order valence-electron chi connectivity index (χ0n) is 17.7. The van der Waals surface area contributed by atoms with Gasteiger partial charge in [0.1, 0.15) is 12.7 Å². The van der Waals surface area contributed by atoms with Crippen molar-refractivity contribution in [1.82, 2.24) is 0 Å². The lowest BCUT2D eigenvalue weighted by molar-refractivity contribution is 0.158. The van der Waals surface area contributed by atoms with E-state index in [0.717, 1.165) is 11.1 Å². The summed E-state index contributed by atoms with van der Waals surface area (Å²) in [7, 11) is 0. The number of carbonyl (C=O) groups excluding carboxylic acids is 1. The molecule has 33 heavy (non-hydrogen) atoms. The van der Waals surface area contributed by atoms with Crippen LogP contribution in [0.1, 0.15) is 34.3 Å². The first-order valence-corrected chi connectivity index (χ1v) is 11.1. The summed E-state index contributed by atoms with van der Waals surface area (Å²) in [4.78, 5) is 12.7. The van der Waals surface area contributed by atoms with E-state index in [1.807, 2.05) is 54.6 Å². The summed E-state index contributed by atoms with van der Waals surface area (Å²) in [5.74, 6) is -0.0252. The third-order valence-electron chi connectivity index (χ3n) is 6.00. The number of carbonyl (C=O) groups is 1. The first kappa shape index (κ1) is 21.3. The summed E-state index contributed by atoms with van der Waals surface area (Å²) in [6.07, 6.45) is -1.52. The number of anilines is 1. The molecule has 0 aliphatic heterocycles. The van der Waals surface area contributed by atoms with E-state index in [9.17, 15) is 9.90 Å². The molecule has 164 valence electrons. The van der Waals surface area contributed by atoms with Gasteiger partial charge in [-0.3, -0.25) is 5.32 Å². The molecule has 0 bridgehead atoms. The smallest absolute Gasteiger partial charge is 0.411 e.